The van der Waals surface area contributed by atoms with E-state index in [0.717, 1.165) is 23.3 Å². The number of nitrogens with zero attached hydrogens (tertiary/aromatic N) is 6. The van der Waals surface area contributed by atoms with Crippen LogP contribution >= 0.6 is 0 Å². The van der Waals surface area contributed by atoms with Crippen molar-refractivity contribution in [2.45, 2.75) is 20.0 Å². The summed E-state index contributed by atoms with van der Waals surface area (Å²) in [6, 6.07) is 13.6. The Bertz CT molecular complexity index is 1980. The van der Waals surface area contributed by atoms with E-state index in [-0.39, 0.29) is 22.8 Å². The molecule has 6 rings (SSSR count). The third kappa shape index (κ3) is 5.67. The van der Waals surface area contributed by atoms with Crippen molar-refractivity contribution < 1.29 is 22.7 Å². The van der Waals surface area contributed by atoms with E-state index in [1.165, 1.54) is 23.0 Å². The number of hydrogen-bond donors (Lipinski definition) is 1. The molecular weight excluding hydrogens is 559 g/mol. The van der Waals surface area contributed by atoms with Crippen LogP contribution in [0, 0.1) is 13.8 Å². The number of imidazole rings is 1. The van der Waals surface area contributed by atoms with E-state index in [9.17, 15) is 18.0 Å². The molecule has 0 unspecified atom stereocenters. The molecule has 0 fully saturated rings. The number of nitrogens with one attached hydrogen (secondary N) is 1. The number of carbonyl (C=O) groups excluding carboxylic acids is 1. The topological polar surface area (TPSA) is 99.8 Å². The zero-order valence-corrected chi connectivity index (χ0v) is 23.2. The molecule has 0 bridgehead atoms. The van der Waals surface area contributed by atoms with Gasteiger partial charge in [0.15, 0.2) is 5.82 Å². The van der Waals surface area contributed by atoms with E-state index in [2.05, 4.69) is 25.3 Å². The number of fused-ring (bicyclic) bond motifs is 1. The van der Waals surface area contributed by atoms with Gasteiger partial charge >= 0.3 is 6.18 Å². The Morgan fingerprint density at radius 1 is 0.977 bits per heavy atom. The summed E-state index contributed by atoms with van der Waals surface area (Å²) in [5, 5.41) is 2.60. The van der Waals surface area contributed by atoms with E-state index < -0.39 is 17.6 Å². The van der Waals surface area contributed by atoms with Gasteiger partial charge in [0.1, 0.15) is 11.3 Å². The van der Waals surface area contributed by atoms with Crippen LogP contribution in [-0.2, 0) is 13.2 Å². The number of halogens is 3. The van der Waals surface area contributed by atoms with Crippen LogP contribution in [0.3, 0.4) is 0 Å². The van der Waals surface area contributed by atoms with Gasteiger partial charge in [-0.2, -0.15) is 18.2 Å². The lowest BCUT2D eigenvalue weighted by Gasteiger charge is -2.15. The van der Waals surface area contributed by atoms with Crippen molar-refractivity contribution >= 4 is 22.6 Å². The first-order chi connectivity index (χ1) is 20.5. The predicted octanol–water partition coefficient (Wildman–Crippen LogP) is 6.90. The molecule has 6 aromatic rings. The van der Waals surface area contributed by atoms with Crippen molar-refractivity contribution in [1.29, 1.82) is 0 Å². The van der Waals surface area contributed by atoms with Gasteiger partial charge in [-0.15, -0.1) is 0 Å². The number of carbonyl (C=O) groups is 1. The lowest BCUT2D eigenvalue weighted by Crippen LogP contribution is -2.14. The van der Waals surface area contributed by atoms with Gasteiger partial charge in [-0.3, -0.25) is 9.78 Å². The second kappa shape index (κ2) is 10.7. The van der Waals surface area contributed by atoms with Gasteiger partial charge in [0.2, 0.25) is 5.88 Å². The van der Waals surface area contributed by atoms with Crippen molar-refractivity contribution in [3.8, 4) is 28.7 Å². The Morgan fingerprint density at radius 3 is 2.49 bits per heavy atom. The van der Waals surface area contributed by atoms with Gasteiger partial charge < -0.3 is 19.2 Å². The van der Waals surface area contributed by atoms with Crippen LogP contribution in [0.2, 0.25) is 0 Å². The fraction of sp³-hybridized carbons (Fsp3) is 0.129. The largest absolute Gasteiger partial charge is 0.437 e. The number of aryl methyl sites for hydroxylation is 3. The number of benzene rings is 2. The first kappa shape index (κ1) is 27.6. The average Bonchev–Trinajstić information content (AvgIpc) is 3.59. The molecule has 0 spiro atoms. The zero-order chi connectivity index (χ0) is 30.3. The zero-order valence-electron chi connectivity index (χ0n) is 23.2. The smallest absolute Gasteiger partial charge is 0.416 e. The second-order valence-electron chi connectivity index (χ2n) is 9.97. The van der Waals surface area contributed by atoms with Gasteiger partial charge in [-0.25, -0.2) is 9.97 Å². The molecule has 0 saturated carbocycles. The van der Waals surface area contributed by atoms with Crippen LogP contribution in [-0.4, -0.2) is 35.0 Å². The number of anilines is 1. The number of alkyl halides is 3. The summed E-state index contributed by atoms with van der Waals surface area (Å²) in [5.74, 6) is 0.466. The quantitative estimate of drug-likeness (QED) is 0.229. The second-order valence-corrected chi connectivity index (χ2v) is 9.97. The van der Waals surface area contributed by atoms with Crippen molar-refractivity contribution in [3.63, 3.8) is 0 Å². The minimum Gasteiger partial charge on any atom is -0.437 e. The number of aromatic nitrogens is 6. The molecule has 9 nitrogen and oxygen atoms in total. The molecule has 0 atom stereocenters. The molecule has 4 heterocycles. The molecule has 216 valence electrons. The number of hydrogen-bond acceptors (Lipinski definition) is 6. The molecule has 1 N–H and O–H groups in total. The molecule has 4 aromatic heterocycles. The monoisotopic (exact) mass is 583 g/mol. The first-order valence-corrected chi connectivity index (χ1v) is 13.1. The molecule has 0 aliphatic heterocycles. The number of pyridine rings is 1. The Labute approximate surface area is 243 Å². The summed E-state index contributed by atoms with van der Waals surface area (Å²) >= 11 is 0. The molecule has 2 aromatic carbocycles. The fourth-order valence-electron chi connectivity index (χ4n) is 4.57. The number of rotatable bonds is 6. The van der Waals surface area contributed by atoms with E-state index >= 15 is 0 Å². The summed E-state index contributed by atoms with van der Waals surface area (Å²) in [7, 11) is 1.84. The van der Waals surface area contributed by atoms with Gasteiger partial charge in [-0.05, 0) is 67.9 Å². The number of amides is 1. The lowest BCUT2D eigenvalue weighted by molar-refractivity contribution is -0.137. The summed E-state index contributed by atoms with van der Waals surface area (Å²) in [5.41, 5.74) is 2.90. The van der Waals surface area contributed by atoms with E-state index in [1.54, 1.807) is 49.8 Å². The maximum absolute atomic E-state index is 13.7. The van der Waals surface area contributed by atoms with E-state index in [0.29, 0.717) is 28.3 Å². The van der Waals surface area contributed by atoms with Crippen LogP contribution in [0.1, 0.15) is 27.2 Å². The van der Waals surface area contributed by atoms with Crippen LogP contribution in [0.15, 0.2) is 85.7 Å². The maximum Gasteiger partial charge on any atom is 0.416 e. The van der Waals surface area contributed by atoms with Crippen molar-refractivity contribution in [2.24, 2.45) is 7.05 Å². The van der Waals surface area contributed by atoms with Gasteiger partial charge in [0.25, 0.3) is 5.91 Å². The number of ether oxygens (including phenoxy) is 1. The summed E-state index contributed by atoms with van der Waals surface area (Å²) in [6.45, 7) is 3.55. The summed E-state index contributed by atoms with van der Waals surface area (Å²) in [6.07, 6.45) is 3.52. The lowest BCUT2D eigenvalue weighted by atomic mass is 10.1. The Hall–Kier alpha value is -5.52. The average molecular weight is 584 g/mol. The highest BCUT2D eigenvalue weighted by Crippen LogP contribution is 2.35. The fourth-order valence-corrected chi connectivity index (χ4v) is 4.57. The van der Waals surface area contributed by atoms with Crippen molar-refractivity contribution in [2.75, 3.05) is 5.32 Å². The molecule has 0 saturated heterocycles. The van der Waals surface area contributed by atoms with Gasteiger partial charge in [0.05, 0.1) is 23.1 Å². The van der Waals surface area contributed by atoms with Crippen LogP contribution < -0.4 is 10.1 Å². The molecule has 43 heavy (non-hydrogen) atoms. The molecule has 0 aliphatic rings. The minimum absolute atomic E-state index is 0.0208. The van der Waals surface area contributed by atoms with Gasteiger partial charge in [-0.1, -0.05) is 6.07 Å². The van der Waals surface area contributed by atoms with Crippen LogP contribution in [0.5, 0.6) is 11.6 Å². The highest BCUT2D eigenvalue weighted by Gasteiger charge is 2.31. The molecular formula is C31H24F3N7O2. The van der Waals surface area contributed by atoms with Crippen molar-refractivity contribution in [1.82, 2.24) is 29.1 Å². The highest BCUT2D eigenvalue weighted by atomic mass is 19.4. The molecule has 1 amide bonds. The van der Waals surface area contributed by atoms with E-state index in [1.807, 2.05) is 30.8 Å². The van der Waals surface area contributed by atoms with Crippen LogP contribution in [0.4, 0.5) is 18.9 Å². The minimum atomic E-state index is -4.62. The Morgan fingerprint density at radius 2 is 1.77 bits per heavy atom. The molecule has 0 aliphatic carbocycles. The Balaban J connectivity index is 1.33. The first-order valence-electron chi connectivity index (χ1n) is 13.1. The summed E-state index contributed by atoms with van der Waals surface area (Å²) < 4.78 is 50.7. The van der Waals surface area contributed by atoms with Crippen LogP contribution in [0.25, 0.3) is 28.1 Å². The third-order valence-electron chi connectivity index (χ3n) is 6.80. The van der Waals surface area contributed by atoms with E-state index in [4.69, 9.17) is 4.74 Å². The maximum atomic E-state index is 13.7. The van der Waals surface area contributed by atoms with Crippen molar-refractivity contribution in [3.05, 3.63) is 108 Å². The SMILES string of the molecule is Cc1cn(-c2cc(NC(=O)c3ccc(C)c(Oc4nc(-c5ccncc5)nc5ccn(C)c45)c3)cc(C(F)(F)F)c2)cn1. The third-order valence-corrected chi connectivity index (χ3v) is 6.80. The van der Waals surface area contributed by atoms with Gasteiger partial charge in [0, 0.05) is 54.3 Å². The standard InChI is InChI=1S/C31H24F3N7O2/c1-18-4-5-21(29(42)37-23-13-22(31(32,33)34)14-24(15-23)41-16-19(2)36-17-41)12-26(18)43-30-27-25(8-11-40(27)3)38-28(39-30)20-6-9-35-10-7-20/h4-17H,1-3H3,(H,37,42). The molecule has 12 heteroatoms. The summed E-state index contributed by atoms with van der Waals surface area (Å²) in [4.78, 5) is 30.7. The predicted molar refractivity (Wildman–Crippen MR) is 154 cm³/mol. The normalized spacial score (nSPS) is 11.6. The molecule has 0 radical (unpaired) electrons. The Kier molecular flexibility index (Phi) is 6.88. The highest BCUT2D eigenvalue weighted by molar-refractivity contribution is 6.04.